The summed E-state index contributed by atoms with van der Waals surface area (Å²) in [7, 11) is 0. The maximum atomic E-state index is 11.2. The molecule has 1 N–H and O–H groups in total. The second kappa shape index (κ2) is 4.25. The third-order valence-electron chi connectivity index (χ3n) is 3.47. The van der Waals surface area contributed by atoms with Gasteiger partial charge in [0, 0.05) is 6.42 Å². The maximum Gasteiger partial charge on any atom is 0.354 e. The molecule has 1 aliphatic rings. The molecule has 3 rings (SSSR count). The summed E-state index contributed by atoms with van der Waals surface area (Å²) in [6, 6.07) is 9.34. The fourth-order valence-corrected chi connectivity index (χ4v) is 2.58. The third-order valence-corrected chi connectivity index (χ3v) is 3.47. The van der Waals surface area contributed by atoms with Crippen LogP contribution in [0.1, 0.15) is 39.9 Å². The van der Waals surface area contributed by atoms with Crippen molar-refractivity contribution in [2.45, 2.75) is 18.9 Å². The summed E-state index contributed by atoms with van der Waals surface area (Å²) in [4.78, 5) is 15.4. The van der Waals surface area contributed by atoms with E-state index in [9.17, 15) is 9.90 Å². The first kappa shape index (κ1) is 11.5. The number of aromatic nitrogens is 2. The van der Waals surface area contributed by atoms with Crippen molar-refractivity contribution in [2.75, 3.05) is 0 Å². The molecule has 0 fully saturated rings. The number of aromatic carboxylic acids is 1. The normalized spacial score (nSPS) is 16.9. The maximum absolute atomic E-state index is 11.2. The summed E-state index contributed by atoms with van der Waals surface area (Å²) in [6.07, 6.45) is 3.03. The lowest BCUT2D eigenvalue weighted by atomic mass is 10.0. The highest BCUT2D eigenvalue weighted by atomic mass is 16.4. The average Bonchev–Trinajstić information content (AvgIpc) is 2.99. The number of benzene rings is 1. The van der Waals surface area contributed by atoms with Crippen LogP contribution in [0.3, 0.4) is 0 Å². The minimum absolute atomic E-state index is 0.00339. The number of carboxylic acids is 1. The summed E-state index contributed by atoms with van der Waals surface area (Å²) < 4.78 is 1.78. The van der Waals surface area contributed by atoms with Crippen LogP contribution in [0.5, 0.6) is 0 Å². The molecule has 5 heteroatoms. The molecule has 1 atom stereocenters. The van der Waals surface area contributed by atoms with E-state index in [4.69, 9.17) is 5.26 Å². The van der Waals surface area contributed by atoms with Gasteiger partial charge in [-0.3, -0.25) is 0 Å². The molecule has 1 aromatic carbocycles. The van der Waals surface area contributed by atoms with Crippen LogP contribution in [0.4, 0.5) is 0 Å². The third kappa shape index (κ3) is 1.78. The van der Waals surface area contributed by atoms with Crippen LogP contribution in [-0.2, 0) is 6.42 Å². The predicted molar refractivity (Wildman–Crippen MR) is 66.8 cm³/mol. The highest BCUT2D eigenvalue weighted by Crippen LogP contribution is 2.32. The Morgan fingerprint density at radius 3 is 2.79 bits per heavy atom. The van der Waals surface area contributed by atoms with Gasteiger partial charge in [0.1, 0.15) is 11.5 Å². The second-order valence-corrected chi connectivity index (χ2v) is 4.52. The number of carboxylic acid groups (broad SMARTS) is 1. The van der Waals surface area contributed by atoms with Crippen LogP contribution in [-0.4, -0.2) is 20.6 Å². The molecule has 1 aliphatic heterocycles. The monoisotopic (exact) mass is 253 g/mol. The SMILES string of the molecule is N#Cc1ccc(C2CCc3ncc(C(=O)O)n32)cc1. The van der Waals surface area contributed by atoms with Gasteiger partial charge in [0.25, 0.3) is 0 Å². The fourth-order valence-electron chi connectivity index (χ4n) is 2.58. The van der Waals surface area contributed by atoms with Crippen molar-refractivity contribution >= 4 is 5.97 Å². The molecule has 19 heavy (non-hydrogen) atoms. The predicted octanol–water partition coefficient (Wildman–Crippen LogP) is 1.99. The van der Waals surface area contributed by atoms with E-state index in [0.29, 0.717) is 5.56 Å². The zero-order valence-electron chi connectivity index (χ0n) is 10.1. The number of fused-ring (bicyclic) bond motifs is 1. The summed E-state index contributed by atoms with van der Waals surface area (Å²) in [5.74, 6) is -0.147. The van der Waals surface area contributed by atoms with Crippen LogP contribution in [0.2, 0.25) is 0 Å². The van der Waals surface area contributed by atoms with E-state index >= 15 is 0 Å². The number of nitriles is 1. The molecule has 0 amide bonds. The molecule has 1 unspecified atom stereocenters. The van der Waals surface area contributed by atoms with Crippen molar-refractivity contribution in [1.82, 2.24) is 9.55 Å². The van der Waals surface area contributed by atoms with Crippen molar-refractivity contribution < 1.29 is 9.90 Å². The number of nitrogens with zero attached hydrogens (tertiary/aromatic N) is 3. The summed E-state index contributed by atoms with van der Waals surface area (Å²) in [5.41, 5.74) is 1.84. The first-order valence-corrected chi connectivity index (χ1v) is 6.00. The second-order valence-electron chi connectivity index (χ2n) is 4.52. The Kier molecular flexibility index (Phi) is 2.57. The zero-order valence-corrected chi connectivity index (χ0v) is 10.1. The molecular weight excluding hydrogens is 242 g/mol. The molecule has 0 aliphatic carbocycles. The summed E-state index contributed by atoms with van der Waals surface area (Å²) in [5, 5.41) is 18.0. The highest BCUT2D eigenvalue weighted by molar-refractivity contribution is 5.85. The molecule has 0 radical (unpaired) electrons. The van der Waals surface area contributed by atoms with Crippen molar-refractivity contribution in [3.05, 3.63) is 53.1 Å². The average molecular weight is 253 g/mol. The standard InChI is InChI=1S/C14H11N3O2/c15-7-9-1-3-10(4-2-9)11-5-6-13-16-8-12(14(18)19)17(11)13/h1-4,8,11H,5-6H2,(H,18,19). The van der Waals surface area contributed by atoms with E-state index in [1.807, 2.05) is 12.1 Å². The smallest absolute Gasteiger partial charge is 0.354 e. The molecule has 94 valence electrons. The van der Waals surface area contributed by atoms with Crippen molar-refractivity contribution in [2.24, 2.45) is 0 Å². The Balaban J connectivity index is 2.03. The van der Waals surface area contributed by atoms with E-state index in [2.05, 4.69) is 11.1 Å². The van der Waals surface area contributed by atoms with Crippen LogP contribution < -0.4 is 0 Å². The van der Waals surface area contributed by atoms with Gasteiger partial charge in [-0.15, -0.1) is 0 Å². The largest absolute Gasteiger partial charge is 0.477 e. The lowest BCUT2D eigenvalue weighted by molar-refractivity contribution is 0.0684. The molecule has 5 nitrogen and oxygen atoms in total. The number of rotatable bonds is 2. The van der Waals surface area contributed by atoms with Gasteiger partial charge >= 0.3 is 5.97 Å². The van der Waals surface area contributed by atoms with E-state index in [0.717, 1.165) is 24.2 Å². The topological polar surface area (TPSA) is 78.9 Å². The van der Waals surface area contributed by atoms with Crippen LogP contribution in [0.25, 0.3) is 0 Å². The number of hydrogen-bond acceptors (Lipinski definition) is 3. The molecule has 0 spiro atoms. The van der Waals surface area contributed by atoms with E-state index in [1.165, 1.54) is 6.20 Å². The lowest BCUT2D eigenvalue weighted by Gasteiger charge is -2.15. The number of aryl methyl sites for hydroxylation is 1. The minimum atomic E-state index is -0.959. The van der Waals surface area contributed by atoms with Gasteiger partial charge in [-0.1, -0.05) is 12.1 Å². The Labute approximate surface area is 109 Å². The van der Waals surface area contributed by atoms with Gasteiger partial charge in [-0.2, -0.15) is 5.26 Å². The molecular formula is C14H11N3O2. The van der Waals surface area contributed by atoms with Gasteiger partial charge in [-0.25, -0.2) is 9.78 Å². The fraction of sp³-hybridized carbons (Fsp3) is 0.214. The zero-order chi connectivity index (χ0) is 13.4. The molecule has 2 heterocycles. The molecule has 2 aromatic rings. The van der Waals surface area contributed by atoms with Crippen molar-refractivity contribution in [3.63, 3.8) is 0 Å². The summed E-state index contributed by atoms with van der Waals surface area (Å²) in [6.45, 7) is 0. The molecule has 0 saturated carbocycles. The first-order chi connectivity index (χ1) is 9.20. The molecule has 0 bridgehead atoms. The van der Waals surface area contributed by atoms with E-state index < -0.39 is 5.97 Å². The van der Waals surface area contributed by atoms with Crippen molar-refractivity contribution in [3.8, 4) is 6.07 Å². The number of carbonyl (C=O) groups is 1. The lowest BCUT2D eigenvalue weighted by Crippen LogP contribution is -2.12. The number of imidazole rings is 1. The Morgan fingerprint density at radius 2 is 2.16 bits per heavy atom. The Bertz CT molecular complexity index is 680. The first-order valence-electron chi connectivity index (χ1n) is 6.00. The minimum Gasteiger partial charge on any atom is -0.477 e. The van der Waals surface area contributed by atoms with Gasteiger partial charge in [-0.05, 0) is 24.1 Å². The quantitative estimate of drug-likeness (QED) is 0.887. The molecule has 1 aromatic heterocycles. The van der Waals surface area contributed by atoms with Gasteiger partial charge in [0.2, 0.25) is 0 Å². The van der Waals surface area contributed by atoms with Gasteiger partial charge in [0.05, 0.1) is 23.9 Å². The van der Waals surface area contributed by atoms with Gasteiger partial charge in [0.15, 0.2) is 0 Å². The van der Waals surface area contributed by atoms with Crippen LogP contribution in [0.15, 0.2) is 30.5 Å². The van der Waals surface area contributed by atoms with E-state index in [-0.39, 0.29) is 11.7 Å². The van der Waals surface area contributed by atoms with Gasteiger partial charge < -0.3 is 9.67 Å². The highest BCUT2D eigenvalue weighted by Gasteiger charge is 2.29. The van der Waals surface area contributed by atoms with Crippen LogP contribution in [0, 0.1) is 11.3 Å². The molecule has 0 saturated heterocycles. The summed E-state index contributed by atoms with van der Waals surface area (Å²) >= 11 is 0. The van der Waals surface area contributed by atoms with E-state index in [1.54, 1.807) is 16.7 Å². The number of hydrogen-bond donors (Lipinski definition) is 1. The Hall–Kier alpha value is -2.61. The van der Waals surface area contributed by atoms with Crippen LogP contribution >= 0.6 is 0 Å². The Morgan fingerprint density at radius 1 is 1.42 bits per heavy atom. The van der Waals surface area contributed by atoms with Crippen molar-refractivity contribution in [1.29, 1.82) is 5.26 Å².